The largest absolute Gasteiger partial charge is 0.107 e. The normalized spacial score (nSPS) is 38.4. The van der Waals surface area contributed by atoms with Gasteiger partial charge in [0.25, 0.3) is 0 Å². The second-order valence-electron chi connectivity index (χ2n) is 4.52. The van der Waals surface area contributed by atoms with E-state index in [2.05, 4.69) is 24.7 Å². The monoisotopic (exact) mass is 183 g/mol. The Kier molecular flexibility index (Phi) is 2.49. The minimum atomic E-state index is 0.662. The van der Waals surface area contributed by atoms with Gasteiger partial charge >= 0.3 is 0 Å². The van der Waals surface area contributed by atoms with Gasteiger partial charge in [0.15, 0.2) is 0 Å². The lowest BCUT2D eigenvalue weighted by Gasteiger charge is -2.16. The molecule has 68 valence electrons. The third kappa shape index (κ3) is 1.71. The standard InChI is InChI=1S/C11H19S/c1-12(2)6-5-11-8-9-3-4-10(11)7-9/h3-4,9-11H,5-8H2,1-2H3/q+1. The molecule has 0 aromatic carbocycles. The maximum absolute atomic E-state index is 2.47. The number of hydrogen-bond donors (Lipinski definition) is 0. The summed E-state index contributed by atoms with van der Waals surface area (Å²) in [6, 6.07) is 0. The number of rotatable bonds is 3. The van der Waals surface area contributed by atoms with Gasteiger partial charge in [-0.05, 0) is 47.9 Å². The van der Waals surface area contributed by atoms with Crippen molar-refractivity contribution in [1.82, 2.24) is 0 Å². The van der Waals surface area contributed by atoms with Gasteiger partial charge in [0.2, 0.25) is 0 Å². The lowest BCUT2D eigenvalue weighted by atomic mass is 9.91. The third-order valence-corrected chi connectivity index (χ3v) is 4.37. The Balaban J connectivity index is 1.80. The summed E-state index contributed by atoms with van der Waals surface area (Å²) in [6.45, 7) is 0. The predicted octanol–water partition coefficient (Wildman–Crippen LogP) is 2.47. The highest BCUT2D eigenvalue weighted by Crippen LogP contribution is 2.44. The highest BCUT2D eigenvalue weighted by Gasteiger charge is 2.35. The number of allylic oxidation sites excluding steroid dienone is 2. The molecule has 0 aromatic rings. The van der Waals surface area contributed by atoms with Gasteiger partial charge in [-0.1, -0.05) is 12.2 Å². The van der Waals surface area contributed by atoms with Crippen LogP contribution in [0.3, 0.4) is 0 Å². The minimum absolute atomic E-state index is 0.662. The lowest BCUT2D eigenvalue weighted by Crippen LogP contribution is -2.12. The van der Waals surface area contributed by atoms with Gasteiger partial charge in [-0.2, -0.15) is 0 Å². The van der Waals surface area contributed by atoms with Crippen molar-refractivity contribution in [2.24, 2.45) is 17.8 Å². The molecular formula is C11H19S+. The van der Waals surface area contributed by atoms with Crippen LogP contribution in [0.15, 0.2) is 12.2 Å². The van der Waals surface area contributed by atoms with Gasteiger partial charge in [-0.25, -0.2) is 0 Å². The van der Waals surface area contributed by atoms with Crippen LogP contribution in [0.4, 0.5) is 0 Å². The van der Waals surface area contributed by atoms with Gasteiger partial charge in [0.05, 0.1) is 12.5 Å². The molecule has 3 atom stereocenters. The number of fused-ring (bicyclic) bond motifs is 2. The molecule has 1 saturated carbocycles. The average molecular weight is 183 g/mol. The Bertz CT molecular complexity index is 183. The Labute approximate surface area is 78.8 Å². The zero-order valence-electron chi connectivity index (χ0n) is 8.12. The molecule has 2 aliphatic carbocycles. The van der Waals surface area contributed by atoms with Gasteiger partial charge in [-0.15, -0.1) is 0 Å². The van der Waals surface area contributed by atoms with E-state index in [9.17, 15) is 0 Å². The summed E-state index contributed by atoms with van der Waals surface area (Å²) in [5.74, 6) is 4.45. The van der Waals surface area contributed by atoms with Crippen LogP contribution in [-0.2, 0) is 10.9 Å². The predicted molar refractivity (Wildman–Crippen MR) is 57.5 cm³/mol. The van der Waals surface area contributed by atoms with E-state index < -0.39 is 0 Å². The Hall–Kier alpha value is 0.0900. The van der Waals surface area contributed by atoms with E-state index in [0.29, 0.717) is 10.9 Å². The quantitative estimate of drug-likeness (QED) is 0.466. The van der Waals surface area contributed by atoms with E-state index in [-0.39, 0.29) is 0 Å². The van der Waals surface area contributed by atoms with Gasteiger partial charge in [0, 0.05) is 0 Å². The molecule has 1 fully saturated rings. The molecule has 0 amide bonds. The van der Waals surface area contributed by atoms with E-state index in [1.54, 1.807) is 0 Å². The van der Waals surface area contributed by atoms with Crippen LogP contribution >= 0.6 is 0 Å². The molecule has 0 aliphatic heterocycles. The molecule has 2 aliphatic rings. The average Bonchev–Trinajstić information content (AvgIpc) is 2.60. The SMILES string of the molecule is C[S+](C)CCC1CC2C=CC1C2. The van der Waals surface area contributed by atoms with Gasteiger partial charge in [-0.3, -0.25) is 0 Å². The summed E-state index contributed by atoms with van der Waals surface area (Å²) in [5, 5.41) is 0. The van der Waals surface area contributed by atoms with E-state index in [1.807, 2.05) is 0 Å². The topological polar surface area (TPSA) is 0 Å². The summed E-state index contributed by atoms with van der Waals surface area (Å²) >= 11 is 0. The fourth-order valence-corrected chi connectivity index (χ4v) is 3.39. The molecular weight excluding hydrogens is 164 g/mol. The second kappa shape index (κ2) is 3.45. The molecule has 0 N–H and O–H groups in total. The second-order valence-corrected chi connectivity index (χ2v) is 6.90. The van der Waals surface area contributed by atoms with E-state index in [1.165, 1.54) is 25.0 Å². The fraction of sp³-hybridized carbons (Fsp3) is 0.818. The zero-order chi connectivity index (χ0) is 8.55. The van der Waals surface area contributed by atoms with Gasteiger partial charge in [0.1, 0.15) is 5.75 Å². The molecule has 12 heavy (non-hydrogen) atoms. The Morgan fingerprint density at radius 3 is 2.58 bits per heavy atom. The van der Waals surface area contributed by atoms with Crippen molar-refractivity contribution in [2.45, 2.75) is 19.3 Å². The molecule has 0 spiro atoms. The van der Waals surface area contributed by atoms with Crippen LogP contribution in [-0.4, -0.2) is 18.3 Å². The van der Waals surface area contributed by atoms with E-state index in [0.717, 1.165) is 17.8 Å². The highest BCUT2D eigenvalue weighted by molar-refractivity contribution is 7.95. The maximum Gasteiger partial charge on any atom is 0.107 e. The molecule has 3 unspecified atom stereocenters. The van der Waals surface area contributed by atoms with Crippen molar-refractivity contribution >= 4 is 10.9 Å². The van der Waals surface area contributed by atoms with Crippen LogP contribution < -0.4 is 0 Å². The first-order valence-electron chi connectivity index (χ1n) is 4.98. The van der Waals surface area contributed by atoms with Crippen molar-refractivity contribution in [3.63, 3.8) is 0 Å². The molecule has 2 rings (SSSR count). The number of hydrogen-bond acceptors (Lipinski definition) is 0. The zero-order valence-corrected chi connectivity index (χ0v) is 8.94. The Morgan fingerprint density at radius 2 is 2.08 bits per heavy atom. The molecule has 0 heterocycles. The Morgan fingerprint density at radius 1 is 1.25 bits per heavy atom. The minimum Gasteiger partial charge on any atom is -0.0851 e. The molecule has 0 nitrogen and oxygen atoms in total. The summed E-state index contributed by atoms with van der Waals surface area (Å²) < 4.78 is 0. The molecule has 2 bridgehead atoms. The van der Waals surface area contributed by atoms with Crippen LogP contribution in [0.5, 0.6) is 0 Å². The van der Waals surface area contributed by atoms with E-state index in [4.69, 9.17) is 0 Å². The highest BCUT2D eigenvalue weighted by atomic mass is 32.2. The van der Waals surface area contributed by atoms with Gasteiger partial charge < -0.3 is 0 Å². The molecule has 0 saturated heterocycles. The van der Waals surface area contributed by atoms with Crippen LogP contribution in [0.25, 0.3) is 0 Å². The first kappa shape index (κ1) is 8.68. The molecule has 0 aromatic heterocycles. The summed E-state index contributed by atoms with van der Waals surface area (Å²) in [4.78, 5) is 0. The molecule has 1 heteroatoms. The van der Waals surface area contributed by atoms with Crippen LogP contribution in [0.2, 0.25) is 0 Å². The smallest absolute Gasteiger partial charge is 0.0851 e. The van der Waals surface area contributed by atoms with Crippen molar-refractivity contribution < 1.29 is 0 Å². The molecule has 0 radical (unpaired) electrons. The summed E-state index contributed by atoms with van der Waals surface area (Å²) in [6.07, 6.45) is 14.1. The lowest BCUT2D eigenvalue weighted by molar-refractivity contribution is 0.437. The summed E-state index contributed by atoms with van der Waals surface area (Å²) in [7, 11) is 0.662. The van der Waals surface area contributed by atoms with Crippen molar-refractivity contribution in [1.29, 1.82) is 0 Å². The van der Waals surface area contributed by atoms with Crippen LogP contribution in [0, 0.1) is 17.8 Å². The van der Waals surface area contributed by atoms with Crippen molar-refractivity contribution in [2.75, 3.05) is 18.3 Å². The van der Waals surface area contributed by atoms with Crippen molar-refractivity contribution in [3.05, 3.63) is 12.2 Å². The van der Waals surface area contributed by atoms with E-state index >= 15 is 0 Å². The fourth-order valence-electron chi connectivity index (χ4n) is 2.61. The maximum atomic E-state index is 2.47. The first-order chi connectivity index (χ1) is 5.75. The van der Waals surface area contributed by atoms with Crippen molar-refractivity contribution in [3.8, 4) is 0 Å². The summed E-state index contributed by atoms with van der Waals surface area (Å²) in [5.41, 5.74) is 0. The van der Waals surface area contributed by atoms with Crippen LogP contribution in [0.1, 0.15) is 19.3 Å². The first-order valence-corrected chi connectivity index (χ1v) is 7.19. The third-order valence-electron chi connectivity index (χ3n) is 3.31.